The number of para-hydroxylation sites is 2. The minimum Gasteiger partial charge on any atom is -0.413 e. The highest BCUT2D eigenvalue weighted by atomic mass is 127. The molecule has 3 nitrogen and oxygen atoms in total. The minimum atomic E-state index is -3.55. The summed E-state index contributed by atoms with van der Waals surface area (Å²) >= 11 is 0. The summed E-state index contributed by atoms with van der Waals surface area (Å²) in [6, 6.07) is 25.5. The van der Waals surface area contributed by atoms with Gasteiger partial charge in [-0.2, -0.15) is 0 Å². The summed E-state index contributed by atoms with van der Waals surface area (Å²) in [5, 5.41) is 0.563. The summed E-state index contributed by atoms with van der Waals surface area (Å²) in [5.74, 6) is 1.02. The Hall–Kier alpha value is -1.78. The van der Waals surface area contributed by atoms with Crippen LogP contribution < -0.4 is 14.4 Å². The second-order valence-corrected chi connectivity index (χ2v) is 6.93. The number of hydrogen-bond donors (Lipinski definition) is 0. The molecule has 0 spiro atoms. The van der Waals surface area contributed by atoms with Gasteiger partial charge in [0.15, 0.2) is 0 Å². The van der Waals surface area contributed by atoms with Crippen LogP contribution in [0.1, 0.15) is 5.56 Å². The van der Waals surface area contributed by atoms with Gasteiger partial charge in [0.05, 0.1) is 5.30 Å². The number of rotatable bonds is 5. The van der Waals surface area contributed by atoms with E-state index >= 15 is 0 Å². The van der Waals surface area contributed by atoms with E-state index in [9.17, 15) is 4.57 Å². The largest absolute Gasteiger partial charge is 0.463 e. The van der Waals surface area contributed by atoms with Gasteiger partial charge < -0.3 is 9.05 Å². The van der Waals surface area contributed by atoms with Crippen LogP contribution in [0, 0.1) is 6.92 Å². The molecule has 3 rings (SSSR count). The Morgan fingerprint density at radius 1 is 0.667 bits per heavy atom. The van der Waals surface area contributed by atoms with Gasteiger partial charge in [0.1, 0.15) is 11.5 Å². The predicted octanol–water partition coefficient (Wildman–Crippen LogP) is 5.59. The van der Waals surface area contributed by atoms with E-state index in [1.807, 2.05) is 61.5 Å². The van der Waals surface area contributed by atoms with Crippen LogP contribution in [0.2, 0.25) is 0 Å². The van der Waals surface area contributed by atoms with Gasteiger partial charge in [-0.3, -0.25) is 0 Å². The second kappa shape index (κ2) is 8.36. The van der Waals surface area contributed by atoms with Gasteiger partial charge in [0.25, 0.3) is 0 Å². The standard InChI is InChI=1S/C19H17O3P.HI/c1-16-10-8-9-15-19(16)23(20,21-17-11-4-2-5-12-17)22-18-13-6-3-7-14-18;/h2-15H,1H3;1H. The molecule has 0 aliphatic carbocycles. The molecule has 0 unspecified atom stereocenters. The normalized spacial score (nSPS) is 10.5. The van der Waals surface area contributed by atoms with Crippen LogP contribution in [0.25, 0.3) is 0 Å². The van der Waals surface area contributed by atoms with E-state index in [2.05, 4.69) is 0 Å². The molecule has 24 heavy (non-hydrogen) atoms. The van der Waals surface area contributed by atoms with Crippen LogP contribution in [0.15, 0.2) is 84.9 Å². The van der Waals surface area contributed by atoms with Gasteiger partial charge in [-0.25, -0.2) is 4.57 Å². The predicted molar refractivity (Wildman–Crippen MR) is 108 cm³/mol. The number of benzene rings is 3. The molecule has 0 amide bonds. The maximum Gasteiger partial charge on any atom is 0.463 e. The average molecular weight is 452 g/mol. The van der Waals surface area contributed by atoms with E-state index in [0.29, 0.717) is 16.8 Å². The van der Waals surface area contributed by atoms with Crippen molar-refractivity contribution in [1.82, 2.24) is 0 Å². The molecular formula is C19H18IO3P. The molecular weight excluding hydrogens is 434 g/mol. The van der Waals surface area contributed by atoms with Gasteiger partial charge in [0.2, 0.25) is 0 Å². The highest BCUT2D eigenvalue weighted by Crippen LogP contribution is 2.48. The molecule has 124 valence electrons. The third-order valence-electron chi connectivity index (χ3n) is 3.35. The monoisotopic (exact) mass is 452 g/mol. The molecule has 0 saturated carbocycles. The molecule has 0 aromatic heterocycles. The van der Waals surface area contributed by atoms with Crippen molar-refractivity contribution in [1.29, 1.82) is 0 Å². The fourth-order valence-electron chi connectivity index (χ4n) is 2.23. The first-order valence-corrected chi connectivity index (χ1v) is 8.87. The van der Waals surface area contributed by atoms with E-state index in [4.69, 9.17) is 9.05 Å². The third-order valence-corrected chi connectivity index (χ3v) is 5.34. The molecule has 0 fully saturated rings. The van der Waals surface area contributed by atoms with E-state index in [1.165, 1.54) is 0 Å². The zero-order chi connectivity index (χ0) is 16.1. The first-order chi connectivity index (χ1) is 11.2. The van der Waals surface area contributed by atoms with E-state index in [-0.39, 0.29) is 24.0 Å². The first kappa shape index (κ1) is 18.6. The van der Waals surface area contributed by atoms with Gasteiger partial charge >= 0.3 is 7.60 Å². The summed E-state index contributed by atoms with van der Waals surface area (Å²) in [4.78, 5) is 0. The van der Waals surface area contributed by atoms with Crippen molar-refractivity contribution in [2.75, 3.05) is 0 Å². The number of aryl methyl sites for hydroxylation is 1. The lowest BCUT2D eigenvalue weighted by molar-refractivity contribution is 0.399. The van der Waals surface area contributed by atoms with Gasteiger partial charge in [0, 0.05) is 0 Å². The summed E-state index contributed by atoms with van der Waals surface area (Å²) in [5.41, 5.74) is 0.864. The molecule has 3 aromatic carbocycles. The topological polar surface area (TPSA) is 35.5 Å². The second-order valence-electron chi connectivity index (χ2n) is 5.09. The van der Waals surface area contributed by atoms with Crippen molar-refractivity contribution in [3.63, 3.8) is 0 Å². The Morgan fingerprint density at radius 2 is 1.08 bits per heavy atom. The van der Waals surface area contributed by atoms with Crippen LogP contribution in [0.5, 0.6) is 11.5 Å². The average Bonchev–Trinajstić information content (AvgIpc) is 2.57. The Kier molecular flexibility index (Phi) is 6.46. The summed E-state index contributed by atoms with van der Waals surface area (Å²) in [7, 11) is -3.55. The fraction of sp³-hybridized carbons (Fsp3) is 0.0526. The van der Waals surface area contributed by atoms with Crippen LogP contribution >= 0.6 is 31.6 Å². The SMILES string of the molecule is Cc1ccccc1P(=O)(Oc1ccccc1)Oc1ccccc1.I. The summed E-state index contributed by atoms with van der Waals surface area (Å²) < 4.78 is 25.1. The molecule has 0 aliphatic heterocycles. The molecule has 0 aliphatic rings. The van der Waals surface area contributed by atoms with Gasteiger partial charge in [-0.1, -0.05) is 54.6 Å². The lowest BCUT2D eigenvalue weighted by Crippen LogP contribution is -2.17. The van der Waals surface area contributed by atoms with Crippen molar-refractivity contribution in [2.24, 2.45) is 0 Å². The maximum absolute atomic E-state index is 13.5. The molecule has 3 aromatic rings. The third kappa shape index (κ3) is 4.40. The van der Waals surface area contributed by atoms with Crippen molar-refractivity contribution in [2.45, 2.75) is 6.92 Å². The zero-order valence-electron chi connectivity index (χ0n) is 13.2. The van der Waals surface area contributed by atoms with E-state index < -0.39 is 7.60 Å². The Labute approximate surface area is 159 Å². The molecule has 0 atom stereocenters. The molecule has 5 heteroatoms. The highest BCUT2D eigenvalue weighted by Gasteiger charge is 2.32. The van der Waals surface area contributed by atoms with Crippen molar-refractivity contribution >= 4 is 36.9 Å². The molecule has 0 bridgehead atoms. The van der Waals surface area contributed by atoms with Crippen LogP contribution in [0.3, 0.4) is 0 Å². The summed E-state index contributed by atoms with van der Waals surface area (Å²) in [6.45, 7) is 1.89. The molecule has 0 radical (unpaired) electrons. The molecule has 0 saturated heterocycles. The molecule has 0 heterocycles. The Balaban J connectivity index is 0.00000208. The lowest BCUT2D eigenvalue weighted by atomic mass is 10.2. The maximum atomic E-state index is 13.5. The van der Waals surface area contributed by atoms with Crippen LogP contribution in [-0.4, -0.2) is 0 Å². The smallest absolute Gasteiger partial charge is 0.413 e. The quantitative estimate of drug-likeness (QED) is 0.374. The van der Waals surface area contributed by atoms with E-state index in [1.54, 1.807) is 30.3 Å². The highest BCUT2D eigenvalue weighted by molar-refractivity contribution is 14.0. The van der Waals surface area contributed by atoms with Gasteiger partial charge in [-0.05, 0) is 42.8 Å². The number of halogens is 1. The first-order valence-electron chi connectivity index (χ1n) is 7.33. The molecule has 0 N–H and O–H groups in total. The van der Waals surface area contributed by atoms with Crippen LogP contribution in [0.4, 0.5) is 0 Å². The van der Waals surface area contributed by atoms with Gasteiger partial charge in [-0.15, -0.1) is 24.0 Å². The zero-order valence-corrected chi connectivity index (χ0v) is 16.4. The van der Waals surface area contributed by atoms with Crippen LogP contribution in [-0.2, 0) is 4.57 Å². The van der Waals surface area contributed by atoms with Crippen molar-refractivity contribution in [3.8, 4) is 11.5 Å². The fourth-order valence-corrected chi connectivity index (χ4v) is 4.04. The minimum absolute atomic E-state index is 0. The number of hydrogen-bond acceptors (Lipinski definition) is 3. The van der Waals surface area contributed by atoms with Crippen molar-refractivity contribution < 1.29 is 13.6 Å². The Morgan fingerprint density at radius 3 is 1.54 bits per heavy atom. The summed E-state index contributed by atoms with van der Waals surface area (Å²) in [6.07, 6.45) is 0. The lowest BCUT2D eigenvalue weighted by Gasteiger charge is -2.21. The van der Waals surface area contributed by atoms with E-state index in [0.717, 1.165) is 5.56 Å². The Bertz CT molecular complexity index is 777. The van der Waals surface area contributed by atoms with Crippen molar-refractivity contribution in [3.05, 3.63) is 90.5 Å².